The molecule has 0 aliphatic carbocycles. The fraction of sp³-hybridized carbons (Fsp3) is 0.200. The Morgan fingerprint density at radius 3 is 2.52 bits per heavy atom. The molecule has 0 radical (unpaired) electrons. The quantitative estimate of drug-likeness (QED) is 0.589. The van der Waals surface area contributed by atoms with Crippen LogP contribution in [0.3, 0.4) is 0 Å². The lowest BCUT2D eigenvalue weighted by Gasteiger charge is -2.06. The van der Waals surface area contributed by atoms with Gasteiger partial charge in [-0.25, -0.2) is 4.79 Å². The molecule has 1 heterocycles. The van der Waals surface area contributed by atoms with Gasteiger partial charge >= 0.3 is 5.97 Å². The van der Waals surface area contributed by atoms with E-state index in [1.54, 1.807) is 24.3 Å². The van der Waals surface area contributed by atoms with Gasteiger partial charge in [0, 0.05) is 11.1 Å². The third-order valence-corrected chi connectivity index (χ3v) is 4.43. The Labute approximate surface area is 140 Å². The van der Waals surface area contributed by atoms with Gasteiger partial charge in [0.25, 0.3) is 5.91 Å². The molecule has 0 fully saturated rings. The van der Waals surface area contributed by atoms with E-state index >= 15 is 0 Å². The summed E-state index contributed by atoms with van der Waals surface area (Å²) in [4.78, 5) is 23.6. The molecule has 1 aromatic carbocycles. The highest BCUT2D eigenvalue weighted by molar-refractivity contribution is 14.1. The van der Waals surface area contributed by atoms with E-state index in [-0.39, 0.29) is 11.9 Å². The van der Waals surface area contributed by atoms with E-state index in [1.165, 1.54) is 11.3 Å². The molecule has 2 rings (SSSR count). The lowest BCUT2D eigenvalue weighted by Crippen LogP contribution is -2.11. The van der Waals surface area contributed by atoms with E-state index in [0.29, 0.717) is 23.4 Å². The average molecular weight is 415 g/mol. The number of nitrogens with one attached hydrogen (secondary N) is 1. The van der Waals surface area contributed by atoms with Crippen LogP contribution in [0.25, 0.3) is 0 Å². The maximum Gasteiger partial charge on any atom is 0.338 e. The van der Waals surface area contributed by atoms with Crippen molar-refractivity contribution >= 4 is 51.5 Å². The summed E-state index contributed by atoms with van der Waals surface area (Å²) >= 11 is 3.70. The smallest absolute Gasteiger partial charge is 0.338 e. The number of carbonyl (C=O) groups excluding carboxylic acids is 2. The largest absolute Gasteiger partial charge is 0.462 e. The van der Waals surface area contributed by atoms with Crippen LogP contribution in [0.4, 0.5) is 5.69 Å². The van der Waals surface area contributed by atoms with Crippen LogP contribution in [0.5, 0.6) is 0 Å². The Morgan fingerprint density at radius 1 is 1.24 bits per heavy atom. The van der Waals surface area contributed by atoms with E-state index in [4.69, 9.17) is 4.74 Å². The molecule has 1 amide bonds. The molecule has 1 N–H and O–H groups in total. The second-order valence-electron chi connectivity index (χ2n) is 4.31. The first-order valence-electron chi connectivity index (χ1n) is 6.42. The third kappa shape index (κ3) is 4.53. The monoisotopic (exact) mass is 415 g/mol. The highest BCUT2D eigenvalue weighted by Crippen LogP contribution is 2.18. The summed E-state index contributed by atoms with van der Waals surface area (Å²) in [5.41, 5.74) is 1.76. The van der Waals surface area contributed by atoms with Crippen molar-refractivity contribution in [1.82, 2.24) is 0 Å². The van der Waals surface area contributed by atoms with Crippen LogP contribution in [0.15, 0.2) is 35.7 Å². The lowest BCUT2D eigenvalue weighted by atomic mass is 10.2. The van der Waals surface area contributed by atoms with Crippen molar-refractivity contribution in [3.05, 3.63) is 49.7 Å². The van der Waals surface area contributed by atoms with Gasteiger partial charge in [-0.3, -0.25) is 4.79 Å². The zero-order chi connectivity index (χ0) is 15.2. The van der Waals surface area contributed by atoms with Crippen LogP contribution < -0.4 is 5.32 Å². The van der Waals surface area contributed by atoms with E-state index in [0.717, 1.165) is 9.30 Å². The van der Waals surface area contributed by atoms with Crippen molar-refractivity contribution in [2.24, 2.45) is 0 Å². The van der Waals surface area contributed by atoms with Gasteiger partial charge in [0.2, 0.25) is 0 Å². The van der Waals surface area contributed by atoms with E-state index in [2.05, 4.69) is 27.9 Å². The standard InChI is InChI=1S/C15H14INO3S/c1-2-7-20-15(19)10-3-5-12(6-4-10)17-14(18)11-8-13(16)21-9-11/h3-6,8-9H,2,7H2,1H3,(H,17,18). The van der Waals surface area contributed by atoms with Crippen molar-refractivity contribution in [2.45, 2.75) is 13.3 Å². The molecule has 2 aromatic rings. The SMILES string of the molecule is CCCOC(=O)c1ccc(NC(=O)c2csc(I)c2)cc1. The number of benzene rings is 1. The summed E-state index contributed by atoms with van der Waals surface area (Å²) in [6, 6.07) is 8.50. The summed E-state index contributed by atoms with van der Waals surface area (Å²) < 4.78 is 6.11. The minimum Gasteiger partial charge on any atom is -0.462 e. The summed E-state index contributed by atoms with van der Waals surface area (Å²) in [7, 11) is 0. The summed E-state index contributed by atoms with van der Waals surface area (Å²) in [6.07, 6.45) is 0.791. The Morgan fingerprint density at radius 2 is 1.95 bits per heavy atom. The highest BCUT2D eigenvalue weighted by Gasteiger charge is 2.10. The number of esters is 1. The summed E-state index contributed by atoms with van der Waals surface area (Å²) in [5.74, 6) is -0.502. The van der Waals surface area contributed by atoms with Gasteiger partial charge in [-0.2, -0.15) is 0 Å². The number of anilines is 1. The first-order valence-corrected chi connectivity index (χ1v) is 8.38. The van der Waals surface area contributed by atoms with Crippen molar-refractivity contribution < 1.29 is 14.3 Å². The minimum absolute atomic E-state index is 0.157. The predicted molar refractivity (Wildman–Crippen MR) is 92.0 cm³/mol. The molecule has 0 bridgehead atoms. The van der Waals surface area contributed by atoms with Crippen LogP contribution in [-0.4, -0.2) is 18.5 Å². The molecule has 1 aromatic heterocycles. The molecule has 6 heteroatoms. The molecule has 0 saturated carbocycles. The van der Waals surface area contributed by atoms with Gasteiger partial charge in [0.1, 0.15) is 0 Å². The molecule has 0 unspecified atom stereocenters. The Kier molecular flexibility index (Phi) is 5.75. The number of ether oxygens (including phenoxy) is 1. The molecule has 0 aliphatic heterocycles. The molecular formula is C15H14INO3S. The zero-order valence-corrected chi connectivity index (χ0v) is 14.4. The number of halogens is 1. The molecule has 0 saturated heterocycles. The van der Waals surface area contributed by atoms with Crippen LogP contribution in [0.2, 0.25) is 0 Å². The van der Waals surface area contributed by atoms with Crippen LogP contribution in [0, 0.1) is 2.88 Å². The minimum atomic E-state index is -0.345. The van der Waals surface area contributed by atoms with Gasteiger partial charge in [-0.05, 0) is 59.3 Å². The fourth-order valence-electron chi connectivity index (χ4n) is 1.60. The van der Waals surface area contributed by atoms with Crippen LogP contribution >= 0.6 is 33.9 Å². The van der Waals surface area contributed by atoms with Gasteiger partial charge in [-0.1, -0.05) is 6.92 Å². The molecule has 0 spiro atoms. The van der Waals surface area contributed by atoms with Crippen LogP contribution in [0.1, 0.15) is 34.1 Å². The lowest BCUT2D eigenvalue weighted by molar-refractivity contribution is 0.0505. The van der Waals surface area contributed by atoms with Crippen LogP contribution in [-0.2, 0) is 4.74 Å². The fourth-order valence-corrected chi connectivity index (χ4v) is 2.93. The van der Waals surface area contributed by atoms with E-state index < -0.39 is 0 Å². The van der Waals surface area contributed by atoms with E-state index in [1.807, 2.05) is 18.4 Å². The van der Waals surface area contributed by atoms with E-state index in [9.17, 15) is 9.59 Å². The highest BCUT2D eigenvalue weighted by atomic mass is 127. The number of carbonyl (C=O) groups is 2. The maximum atomic E-state index is 12.0. The topological polar surface area (TPSA) is 55.4 Å². The molecule has 21 heavy (non-hydrogen) atoms. The Hall–Kier alpha value is -1.41. The molecule has 110 valence electrons. The second-order valence-corrected chi connectivity index (χ2v) is 7.11. The van der Waals surface area contributed by atoms with Crippen molar-refractivity contribution in [2.75, 3.05) is 11.9 Å². The normalized spacial score (nSPS) is 10.2. The Balaban J connectivity index is 1.99. The Bertz CT molecular complexity index is 637. The molecule has 4 nitrogen and oxygen atoms in total. The number of thiophene rings is 1. The number of hydrogen-bond acceptors (Lipinski definition) is 4. The summed E-state index contributed by atoms with van der Waals surface area (Å²) in [5, 5.41) is 4.61. The molecule has 0 atom stereocenters. The summed E-state index contributed by atoms with van der Waals surface area (Å²) in [6.45, 7) is 2.35. The predicted octanol–water partition coefficient (Wildman–Crippen LogP) is 4.17. The zero-order valence-electron chi connectivity index (χ0n) is 11.4. The van der Waals surface area contributed by atoms with Crippen molar-refractivity contribution in [3.63, 3.8) is 0 Å². The first kappa shape index (κ1) is 16.0. The second kappa shape index (κ2) is 7.56. The number of rotatable bonds is 5. The van der Waals surface area contributed by atoms with Gasteiger partial charge in [0.15, 0.2) is 0 Å². The molecular weight excluding hydrogens is 401 g/mol. The maximum absolute atomic E-state index is 12.0. The first-order chi connectivity index (χ1) is 10.1. The third-order valence-electron chi connectivity index (χ3n) is 2.65. The molecule has 0 aliphatic rings. The number of hydrogen-bond donors (Lipinski definition) is 1. The van der Waals surface area contributed by atoms with Crippen molar-refractivity contribution in [3.8, 4) is 0 Å². The average Bonchev–Trinajstić information content (AvgIpc) is 2.92. The van der Waals surface area contributed by atoms with Crippen molar-refractivity contribution in [1.29, 1.82) is 0 Å². The number of amides is 1. The van der Waals surface area contributed by atoms with Gasteiger partial charge in [0.05, 0.1) is 20.6 Å². The van der Waals surface area contributed by atoms with Gasteiger partial charge in [-0.15, -0.1) is 11.3 Å². The van der Waals surface area contributed by atoms with Gasteiger partial charge < -0.3 is 10.1 Å².